The summed E-state index contributed by atoms with van der Waals surface area (Å²) in [4.78, 5) is 28.7. The monoisotopic (exact) mass is 557 g/mol. The van der Waals surface area contributed by atoms with Gasteiger partial charge in [-0.05, 0) is 93.3 Å². The van der Waals surface area contributed by atoms with Crippen LogP contribution in [-0.2, 0) is 15.0 Å². The Labute approximate surface area is 242 Å². The summed E-state index contributed by atoms with van der Waals surface area (Å²) in [5, 5.41) is 11.7. The molecule has 1 unspecified atom stereocenters. The number of ketones is 1. The molecular formula is C34H39NO6. The number of carbonyl (C=O) groups is 2. The van der Waals surface area contributed by atoms with E-state index in [2.05, 4.69) is 20.8 Å². The van der Waals surface area contributed by atoms with Crippen molar-refractivity contribution in [2.24, 2.45) is 0 Å². The lowest BCUT2D eigenvalue weighted by molar-refractivity contribution is -0.132. The summed E-state index contributed by atoms with van der Waals surface area (Å²) in [6.07, 6.45) is -0.0672. The van der Waals surface area contributed by atoms with Gasteiger partial charge in [-0.3, -0.25) is 14.5 Å². The highest BCUT2D eigenvalue weighted by Crippen LogP contribution is 2.44. The molecule has 1 heterocycles. The Morgan fingerprint density at radius 2 is 1.59 bits per heavy atom. The molecule has 216 valence electrons. The van der Waals surface area contributed by atoms with Crippen LogP contribution in [0.4, 0.5) is 5.69 Å². The number of anilines is 1. The molecule has 41 heavy (non-hydrogen) atoms. The summed E-state index contributed by atoms with van der Waals surface area (Å²) in [6.45, 7) is 14.8. The van der Waals surface area contributed by atoms with Crippen LogP contribution in [-0.4, -0.2) is 36.1 Å². The van der Waals surface area contributed by atoms with E-state index in [9.17, 15) is 14.7 Å². The zero-order valence-corrected chi connectivity index (χ0v) is 24.9. The lowest BCUT2D eigenvalue weighted by atomic mass is 9.84. The number of aliphatic hydroxyl groups is 1. The Bertz CT molecular complexity index is 1450. The smallest absolute Gasteiger partial charge is 0.300 e. The highest BCUT2D eigenvalue weighted by atomic mass is 16.5. The number of rotatable bonds is 9. The molecule has 3 aromatic rings. The number of amides is 1. The number of carbonyl (C=O) groups excluding carboxylic acids is 2. The quantitative estimate of drug-likeness (QED) is 0.170. The van der Waals surface area contributed by atoms with Gasteiger partial charge in [-0.25, -0.2) is 0 Å². The molecule has 7 heteroatoms. The molecule has 1 N–H and O–H groups in total. The fourth-order valence-corrected chi connectivity index (χ4v) is 5.01. The zero-order chi connectivity index (χ0) is 29.9. The Morgan fingerprint density at radius 1 is 0.902 bits per heavy atom. The fourth-order valence-electron chi connectivity index (χ4n) is 5.01. The van der Waals surface area contributed by atoms with E-state index in [1.807, 2.05) is 58.0 Å². The molecule has 1 fully saturated rings. The van der Waals surface area contributed by atoms with E-state index in [-0.39, 0.29) is 22.9 Å². The topological polar surface area (TPSA) is 85.3 Å². The standard InChI is InChI=1S/C34H39NO6/c1-8-39-25-16-14-24(15-17-25)35-30(22-11-10-12-26(19-22)41-21(3)4)29(32(37)33(35)38)31(36)23-13-18-28(40-9-2)27(20-23)34(5,6)7/h10-21,30,36H,8-9H2,1-7H3/b31-29+. The minimum atomic E-state index is -0.881. The molecule has 0 aromatic heterocycles. The van der Waals surface area contributed by atoms with Gasteiger partial charge >= 0.3 is 0 Å². The molecule has 0 radical (unpaired) electrons. The van der Waals surface area contributed by atoms with Crippen LogP contribution in [0, 0.1) is 0 Å². The van der Waals surface area contributed by atoms with Gasteiger partial charge in [0.25, 0.3) is 11.7 Å². The second-order valence-electron chi connectivity index (χ2n) is 11.2. The van der Waals surface area contributed by atoms with E-state index in [1.54, 1.807) is 36.4 Å². The molecule has 3 aromatic carbocycles. The number of nitrogens with zero attached hydrogens (tertiary/aromatic N) is 1. The first-order valence-corrected chi connectivity index (χ1v) is 14.0. The van der Waals surface area contributed by atoms with Crippen molar-refractivity contribution in [2.45, 2.75) is 66.0 Å². The average Bonchev–Trinajstić information content (AvgIpc) is 3.18. The number of Topliss-reactive ketones (excluding diaryl/α,β-unsaturated/α-hetero) is 1. The van der Waals surface area contributed by atoms with Crippen molar-refractivity contribution in [1.82, 2.24) is 0 Å². The van der Waals surface area contributed by atoms with Crippen molar-refractivity contribution >= 4 is 23.1 Å². The highest BCUT2D eigenvalue weighted by molar-refractivity contribution is 6.51. The van der Waals surface area contributed by atoms with Crippen LogP contribution < -0.4 is 19.1 Å². The van der Waals surface area contributed by atoms with Crippen molar-refractivity contribution < 1.29 is 28.9 Å². The van der Waals surface area contributed by atoms with Gasteiger partial charge in [-0.1, -0.05) is 32.9 Å². The summed E-state index contributed by atoms with van der Waals surface area (Å²) >= 11 is 0. The first kappa shape index (κ1) is 29.7. The van der Waals surface area contributed by atoms with Crippen LogP contribution in [0.1, 0.15) is 71.2 Å². The molecule has 1 aliphatic heterocycles. The summed E-state index contributed by atoms with van der Waals surface area (Å²) in [5.41, 5.74) is 2.18. The van der Waals surface area contributed by atoms with Crippen molar-refractivity contribution in [2.75, 3.05) is 18.1 Å². The molecule has 0 aliphatic carbocycles. The van der Waals surface area contributed by atoms with Crippen molar-refractivity contribution in [3.8, 4) is 17.2 Å². The molecule has 1 amide bonds. The van der Waals surface area contributed by atoms with Crippen molar-refractivity contribution in [1.29, 1.82) is 0 Å². The Hall–Kier alpha value is -4.26. The van der Waals surface area contributed by atoms with Gasteiger partial charge < -0.3 is 19.3 Å². The maximum absolute atomic E-state index is 13.7. The molecule has 1 saturated heterocycles. The minimum Gasteiger partial charge on any atom is -0.507 e. The van der Waals surface area contributed by atoms with Gasteiger partial charge in [-0.15, -0.1) is 0 Å². The summed E-state index contributed by atoms with van der Waals surface area (Å²) in [6, 6.07) is 18.8. The number of hydrogen-bond donors (Lipinski definition) is 1. The van der Waals surface area contributed by atoms with E-state index in [4.69, 9.17) is 14.2 Å². The molecule has 4 rings (SSSR count). The van der Waals surface area contributed by atoms with Crippen LogP contribution in [0.25, 0.3) is 5.76 Å². The van der Waals surface area contributed by atoms with Crippen LogP contribution in [0.3, 0.4) is 0 Å². The molecule has 7 nitrogen and oxygen atoms in total. The first-order chi connectivity index (χ1) is 19.5. The van der Waals surface area contributed by atoms with Crippen LogP contribution in [0.15, 0.2) is 72.3 Å². The number of benzene rings is 3. The highest BCUT2D eigenvalue weighted by Gasteiger charge is 2.47. The Balaban J connectivity index is 1.93. The maximum Gasteiger partial charge on any atom is 0.300 e. The van der Waals surface area contributed by atoms with E-state index in [0.717, 1.165) is 5.56 Å². The third-order valence-electron chi connectivity index (χ3n) is 6.78. The molecular weight excluding hydrogens is 518 g/mol. The molecule has 0 spiro atoms. The zero-order valence-electron chi connectivity index (χ0n) is 24.9. The van der Waals surface area contributed by atoms with Gasteiger partial charge in [-0.2, -0.15) is 0 Å². The first-order valence-electron chi connectivity index (χ1n) is 14.0. The van der Waals surface area contributed by atoms with E-state index in [0.29, 0.717) is 47.3 Å². The predicted octanol–water partition coefficient (Wildman–Crippen LogP) is 7.20. The summed E-state index contributed by atoms with van der Waals surface area (Å²) in [5.74, 6) is 0.235. The lowest BCUT2D eigenvalue weighted by Crippen LogP contribution is -2.29. The largest absolute Gasteiger partial charge is 0.507 e. The van der Waals surface area contributed by atoms with E-state index in [1.165, 1.54) is 4.90 Å². The van der Waals surface area contributed by atoms with Gasteiger partial charge in [0.15, 0.2) is 0 Å². The predicted molar refractivity (Wildman–Crippen MR) is 161 cm³/mol. The second-order valence-corrected chi connectivity index (χ2v) is 11.2. The Morgan fingerprint density at radius 3 is 2.20 bits per heavy atom. The molecule has 0 bridgehead atoms. The molecule has 1 atom stereocenters. The van der Waals surface area contributed by atoms with Crippen LogP contribution in [0.5, 0.6) is 17.2 Å². The summed E-state index contributed by atoms with van der Waals surface area (Å²) < 4.78 is 17.3. The number of ether oxygens (including phenoxy) is 3. The SMILES string of the molecule is CCOc1ccc(N2C(=O)C(=O)/C(=C(/O)c3ccc(OCC)c(C(C)(C)C)c3)C2c2cccc(OC(C)C)c2)cc1. The van der Waals surface area contributed by atoms with E-state index < -0.39 is 17.7 Å². The van der Waals surface area contributed by atoms with Crippen LogP contribution >= 0.6 is 0 Å². The van der Waals surface area contributed by atoms with Gasteiger partial charge in [0.1, 0.15) is 23.0 Å². The maximum atomic E-state index is 13.7. The van der Waals surface area contributed by atoms with Crippen LogP contribution in [0.2, 0.25) is 0 Å². The lowest BCUT2D eigenvalue weighted by Gasteiger charge is -2.26. The second kappa shape index (κ2) is 12.1. The number of aliphatic hydroxyl groups excluding tert-OH is 1. The average molecular weight is 558 g/mol. The van der Waals surface area contributed by atoms with Crippen molar-refractivity contribution in [3.63, 3.8) is 0 Å². The third-order valence-corrected chi connectivity index (χ3v) is 6.78. The van der Waals surface area contributed by atoms with Gasteiger partial charge in [0, 0.05) is 16.8 Å². The van der Waals surface area contributed by atoms with Gasteiger partial charge in [0.2, 0.25) is 0 Å². The number of hydrogen-bond acceptors (Lipinski definition) is 6. The molecule has 0 saturated carbocycles. The van der Waals surface area contributed by atoms with Gasteiger partial charge in [0.05, 0.1) is 30.9 Å². The minimum absolute atomic E-state index is 0.00889. The normalized spacial score (nSPS) is 16.8. The Kier molecular flexibility index (Phi) is 8.76. The fraction of sp³-hybridized carbons (Fsp3) is 0.353. The van der Waals surface area contributed by atoms with E-state index >= 15 is 0 Å². The third kappa shape index (κ3) is 6.24. The summed E-state index contributed by atoms with van der Waals surface area (Å²) in [7, 11) is 0. The van der Waals surface area contributed by atoms with Crippen molar-refractivity contribution in [3.05, 3.63) is 89.0 Å². The molecule has 1 aliphatic rings.